The zero-order valence-electron chi connectivity index (χ0n) is 2.81. The molecule has 9 heavy (non-hydrogen) atoms. The topological polar surface area (TPSA) is 0 Å². The van der Waals surface area contributed by atoms with E-state index in [0.29, 0.717) is 0 Å². The van der Waals surface area contributed by atoms with Gasteiger partial charge in [-0.25, -0.2) is 11.5 Å². The second kappa shape index (κ2) is 44.6. The Labute approximate surface area is 124 Å². The summed E-state index contributed by atoms with van der Waals surface area (Å²) < 4.78 is 1.88. The first-order chi connectivity index (χ1) is 1.91. The van der Waals surface area contributed by atoms with Crippen LogP contribution in [0.25, 0.3) is 0 Å². The minimum absolute atomic E-state index is 0. The minimum atomic E-state index is 0. The maximum Gasteiger partial charge on any atom is 1.00 e. The van der Waals surface area contributed by atoms with E-state index in [1.54, 1.807) is 0 Å². The maximum absolute atomic E-state index is 4.46. The van der Waals surface area contributed by atoms with Crippen LogP contribution in [0.2, 0.25) is 0 Å². The smallest absolute Gasteiger partial charge is 0.305 e. The summed E-state index contributed by atoms with van der Waals surface area (Å²) in [6.07, 6.45) is 0. The van der Waals surface area contributed by atoms with Crippen LogP contribution in [0.5, 0.6) is 0 Å². The van der Waals surface area contributed by atoms with Gasteiger partial charge in [0.25, 0.3) is 0 Å². The molecule has 0 fully saturated rings. The third kappa shape index (κ3) is 56.9. The molecular weight excluding hydrogens is 289 g/mol. The Kier molecular flexibility index (Phi) is 201. The van der Waals surface area contributed by atoms with Gasteiger partial charge in [0.2, 0.25) is 0 Å². The molecule has 56 valence electrons. The molecule has 0 aromatic heterocycles. The Hall–Kier alpha value is 2.89. The summed E-state index contributed by atoms with van der Waals surface area (Å²) in [5, 5.41) is 0. The molecule has 0 amide bonds. The number of hydrogen-bond donors (Lipinski definition) is 0. The average molecular weight is 306 g/mol. The van der Waals surface area contributed by atoms with Crippen LogP contribution in [0.15, 0.2) is 0 Å². The molecule has 0 aliphatic rings. The van der Waals surface area contributed by atoms with E-state index in [9.17, 15) is 0 Å². The summed E-state index contributed by atoms with van der Waals surface area (Å²) in [6.45, 7) is 0. The third-order valence-corrected chi connectivity index (χ3v) is 2.41. The predicted octanol–water partition coefficient (Wildman–Crippen LogP) is 1.50. The fourth-order valence-electron chi connectivity index (χ4n) is 0. The molecule has 0 aromatic rings. The van der Waals surface area contributed by atoms with Crippen molar-refractivity contribution in [2.24, 2.45) is 0 Å². The van der Waals surface area contributed by atoms with Gasteiger partial charge in [-0.05, 0) is 0 Å². The van der Waals surface area contributed by atoms with Crippen LogP contribution in [0.4, 0.5) is 0 Å². The van der Waals surface area contributed by atoms with Crippen molar-refractivity contribution in [1.82, 2.24) is 0 Å². The number of rotatable bonds is 1. The molecule has 0 aromatic carbocycles. The largest absolute Gasteiger partial charge is 1.00 e. The van der Waals surface area contributed by atoms with Crippen molar-refractivity contribution in [3.05, 3.63) is 4.17 Å². The van der Waals surface area contributed by atoms with Crippen molar-refractivity contribution in [1.29, 1.82) is 0 Å². The van der Waals surface area contributed by atoms with Gasteiger partial charge in [-0.1, -0.05) is 41.5 Å². The second-order valence-electron chi connectivity index (χ2n) is 0.203. The fraction of sp³-hybridized carbons (Fsp3) is 0.800. The van der Waals surface area contributed by atoms with Crippen molar-refractivity contribution < 1.29 is 51.4 Å². The first kappa shape index (κ1) is 40.7. The van der Waals surface area contributed by atoms with Crippen LogP contribution < -0.4 is 51.4 Å². The summed E-state index contributed by atoms with van der Waals surface area (Å²) in [6, 6.07) is 0. The molecule has 0 bridgehead atoms. The Balaban J connectivity index is -0.00000000450. The molecule has 0 radical (unpaired) electrons. The average Bonchev–Trinajstić information content (AvgIpc) is 1.37. The van der Waals surface area contributed by atoms with E-state index < -0.39 is 0 Å². The molecule has 0 unspecified atom stereocenters. The molecule has 0 atom stereocenters. The molecule has 0 saturated heterocycles. The first-order valence-corrected chi connectivity index (χ1v) is 3.88. The van der Waals surface area contributed by atoms with Gasteiger partial charge < -0.3 is 22.6 Å². The SMILES string of the molecule is C.C.C.C.S=P[CH-]I.[K+]. The van der Waals surface area contributed by atoms with Gasteiger partial charge in [-0.15, -0.1) is 0 Å². The van der Waals surface area contributed by atoms with Gasteiger partial charge in [0, 0.05) is 0 Å². The van der Waals surface area contributed by atoms with Crippen LogP contribution >= 0.6 is 29.9 Å². The monoisotopic (exact) mass is 306 g/mol. The van der Waals surface area contributed by atoms with Crippen LogP contribution in [-0.4, -0.2) is 0 Å². The molecule has 4 heteroatoms. The number of halogens is 1. The van der Waals surface area contributed by atoms with Crippen molar-refractivity contribution in [2.45, 2.75) is 29.7 Å². The van der Waals surface area contributed by atoms with E-state index >= 15 is 0 Å². The normalized spacial score (nSPS) is 3.67. The first-order valence-electron chi connectivity index (χ1n) is 0.659. The summed E-state index contributed by atoms with van der Waals surface area (Å²) in [7, 11) is 0.943. The van der Waals surface area contributed by atoms with Crippen LogP contribution in [0.1, 0.15) is 29.7 Å². The summed E-state index contributed by atoms with van der Waals surface area (Å²) in [5.74, 6) is 0. The van der Waals surface area contributed by atoms with Crippen molar-refractivity contribution in [3.63, 3.8) is 0 Å². The zero-order valence-corrected chi connectivity index (χ0v) is 9.80. The standard InChI is InChI=1S/CHIPS.4CH4.K/c2-1-3-4;;;;;/h1H;4*1H4;/q-1;;;;;+1. The fourth-order valence-corrected chi connectivity index (χ4v) is 0. The van der Waals surface area contributed by atoms with Crippen molar-refractivity contribution >= 4 is 41.8 Å². The van der Waals surface area contributed by atoms with Gasteiger partial charge in [0.1, 0.15) is 0 Å². The Morgan fingerprint density at radius 2 is 1.22 bits per heavy atom. The molecule has 0 saturated carbocycles. The molecular formula is C5H17IKPS. The van der Waals surface area contributed by atoms with E-state index in [0.717, 1.165) is 7.36 Å². The second-order valence-corrected chi connectivity index (χ2v) is 2.91. The molecule has 0 spiro atoms. The van der Waals surface area contributed by atoms with E-state index in [4.69, 9.17) is 0 Å². The summed E-state index contributed by atoms with van der Waals surface area (Å²) in [5.41, 5.74) is 0. The van der Waals surface area contributed by atoms with Crippen LogP contribution in [-0.2, 0) is 11.8 Å². The molecule has 0 N–H and O–H groups in total. The summed E-state index contributed by atoms with van der Waals surface area (Å²) in [4.78, 5) is 0. The molecule has 0 nitrogen and oxygen atoms in total. The summed E-state index contributed by atoms with van der Waals surface area (Å²) >= 11 is 6.57. The molecule has 0 aliphatic heterocycles. The van der Waals surface area contributed by atoms with Gasteiger partial charge in [-0.3, -0.25) is 0 Å². The quantitative estimate of drug-likeness (QED) is 0.306. The molecule has 0 aliphatic carbocycles. The van der Waals surface area contributed by atoms with E-state index in [2.05, 4.69) is 34.4 Å². The Bertz CT molecular complexity index is 30.9. The predicted molar refractivity (Wildman–Crippen MR) is 59.5 cm³/mol. The number of hydrogen-bond acceptors (Lipinski definition) is 1. The van der Waals surface area contributed by atoms with Gasteiger partial charge in [0.15, 0.2) is 0 Å². The van der Waals surface area contributed by atoms with E-state index in [1.165, 1.54) is 0 Å². The maximum atomic E-state index is 4.46. The van der Waals surface area contributed by atoms with Crippen LogP contribution in [0.3, 0.4) is 0 Å². The van der Waals surface area contributed by atoms with Gasteiger partial charge in [-0.2, -0.15) is 0 Å². The Morgan fingerprint density at radius 3 is 1.22 bits per heavy atom. The van der Waals surface area contributed by atoms with Crippen LogP contribution in [0, 0.1) is 4.17 Å². The van der Waals surface area contributed by atoms with Crippen molar-refractivity contribution in [2.75, 3.05) is 0 Å². The Morgan fingerprint density at radius 1 is 1.11 bits per heavy atom. The van der Waals surface area contributed by atoms with E-state index in [1.807, 2.05) is 4.17 Å². The minimum Gasteiger partial charge on any atom is -0.305 e. The van der Waals surface area contributed by atoms with Crippen molar-refractivity contribution in [3.8, 4) is 0 Å². The molecule has 0 rings (SSSR count). The third-order valence-electron chi connectivity index (χ3n) is 0.0398. The molecule has 0 heterocycles. The zero-order chi connectivity index (χ0) is 3.41. The van der Waals surface area contributed by atoms with E-state index in [-0.39, 0.29) is 81.1 Å². The van der Waals surface area contributed by atoms with Gasteiger partial charge in [0.05, 0.1) is 0 Å². The van der Waals surface area contributed by atoms with Gasteiger partial charge >= 0.3 is 51.4 Å².